The van der Waals surface area contributed by atoms with E-state index in [-0.39, 0.29) is 10.3 Å². The summed E-state index contributed by atoms with van der Waals surface area (Å²) in [6.07, 6.45) is 1.67. The molecule has 0 N–H and O–H groups in total. The van der Waals surface area contributed by atoms with Gasteiger partial charge in [-0.25, -0.2) is 8.42 Å². The normalized spacial score (nSPS) is 20.8. The van der Waals surface area contributed by atoms with Crippen molar-refractivity contribution in [2.24, 2.45) is 0 Å². The van der Waals surface area contributed by atoms with Gasteiger partial charge in [-0.2, -0.15) is 8.78 Å². The van der Waals surface area contributed by atoms with Crippen molar-refractivity contribution in [3.05, 3.63) is 24.3 Å². The predicted octanol–water partition coefficient (Wildman–Crippen LogP) is 2.89. The molecule has 0 amide bonds. The number of piperidine rings is 1. The molecule has 3 nitrogen and oxygen atoms in total. The molecule has 2 rings (SSSR count). The van der Waals surface area contributed by atoms with Crippen LogP contribution in [-0.4, -0.2) is 32.6 Å². The van der Waals surface area contributed by atoms with Crippen LogP contribution in [0.1, 0.15) is 12.8 Å². The maximum atomic E-state index is 12.7. The molecule has 1 aromatic rings. The van der Waals surface area contributed by atoms with E-state index in [1.54, 1.807) is 17.0 Å². The number of benzene rings is 1. The van der Waals surface area contributed by atoms with Crippen LogP contribution in [0.2, 0.25) is 0 Å². The summed E-state index contributed by atoms with van der Waals surface area (Å²) in [6, 6.07) is 5.84. The van der Waals surface area contributed by atoms with E-state index in [0.29, 0.717) is 18.8 Å². The first-order valence-electron chi connectivity index (χ1n) is 5.93. The zero-order valence-electron chi connectivity index (χ0n) is 10.1. The van der Waals surface area contributed by atoms with Gasteiger partial charge in [0.15, 0.2) is 0 Å². The highest BCUT2D eigenvalue weighted by atomic mass is 35.5. The summed E-state index contributed by atoms with van der Waals surface area (Å²) in [5.41, 5.74) is 0.313. The Kier molecular flexibility index (Phi) is 4.30. The van der Waals surface area contributed by atoms with Gasteiger partial charge in [0, 0.05) is 13.1 Å². The van der Waals surface area contributed by atoms with Crippen LogP contribution in [0.4, 0.5) is 14.5 Å². The number of halogens is 3. The van der Waals surface area contributed by atoms with Gasteiger partial charge in [0.2, 0.25) is 9.84 Å². The molecule has 1 fully saturated rings. The maximum absolute atomic E-state index is 12.7. The molecule has 0 saturated carbocycles. The molecule has 1 heterocycles. The zero-order chi connectivity index (χ0) is 14.0. The molecule has 1 aliphatic heterocycles. The number of hydrogen-bond donors (Lipinski definition) is 0. The van der Waals surface area contributed by atoms with Crippen LogP contribution in [0.15, 0.2) is 29.2 Å². The number of para-hydroxylation sites is 1. The van der Waals surface area contributed by atoms with Crippen molar-refractivity contribution in [3.8, 4) is 0 Å². The van der Waals surface area contributed by atoms with Crippen LogP contribution < -0.4 is 4.90 Å². The van der Waals surface area contributed by atoms with E-state index in [9.17, 15) is 17.2 Å². The fraction of sp³-hybridized carbons (Fsp3) is 0.500. The molecule has 0 aromatic heterocycles. The van der Waals surface area contributed by atoms with Gasteiger partial charge in [-0.3, -0.25) is 0 Å². The highest BCUT2D eigenvalue weighted by Crippen LogP contribution is 2.31. The minimum Gasteiger partial charge on any atom is -0.369 e. The van der Waals surface area contributed by atoms with Gasteiger partial charge in [-0.05, 0) is 25.0 Å². The molecule has 0 bridgehead atoms. The third kappa shape index (κ3) is 3.00. The molecular formula is C12H14ClF2NO2S. The SMILES string of the molecule is O=S(=O)(c1ccccc1N1CCCC(Cl)C1)C(F)F. The first-order valence-corrected chi connectivity index (χ1v) is 7.91. The summed E-state index contributed by atoms with van der Waals surface area (Å²) in [6.45, 7) is 1.09. The first kappa shape index (κ1) is 14.5. The Morgan fingerprint density at radius 2 is 2.00 bits per heavy atom. The van der Waals surface area contributed by atoms with Crippen LogP contribution in [0.25, 0.3) is 0 Å². The monoisotopic (exact) mass is 309 g/mol. The second-order valence-corrected chi connectivity index (χ2v) is 6.96. The van der Waals surface area contributed by atoms with Gasteiger partial charge in [-0.15, -0.1) is 11.6 Å². The van der Waals surface area contributed by atoms with Crippen molar-refractivity contribution < 1.29 is 17.2 Å². The summed E-state index contributed by atoms with van der Waals surface area (Å²) in [7, 11) is -4.59. The van der Waals surface area contributed by atoms with Gasteiger partial charge >= 0.3 is 5.76 Å². The minimum absolute atomic E-state index is 0.0870. The zero-order valence-corrected chi connectivity index (χ0v) is 11.7. The molecule has 19 heavy (non-hydrogen) atoms. The number of rotatable bonds is 3. The molecule has 1 atom stereocenters. The number of hydrogen-bond acceptors (Lipinski definition) is 3. The predicted molar refractivity (Wildman–Crippen MR) is 70.7 cm³/mol. The highest BCUT2D eigenvalue weighted by molar-refractivity contribution is 7.91. The third-order valence-electron chi connectivity index (χ3n) is 3.11. The minimum atomic E-state index is -4.59. The van der Waals surface area contributed by atoms with E-state index in [4.69, 9.17) is 11.6 Å². The van der Waals surface area contributed by atoms with Crippen LogP contribution >= 0.6 is 11.6 Å². The largest absolute Gasteiger partial charge is 0.369 e. The Hall–Kier alpha value is -0.880. The number of alkyl halides is 3. The molecule has 1 aromatic carbocycles. The van der Waals surface area contributed by atoms with E-state index in [0.717, 1.165) is 12.8 Å². The van der Waals surface area contributed by atoms with E-state index in [1.165, 1.54) is 12.1 Å². The number of sulfone groups is 1. The van der Waals surface area contributed by atoms with Crippen molar-refractivity contribution >= 4 is 27.1 Å². The van der Waals surface area contributed by atoms with Crippen LogP contribution in [0.3, 0.4) is 0 Å². The molecule has 1 saturated heterocycles. The summed E-state index contributed by atoms with van der Waals surface area (Å²) in [5, 5.41) is -0.0870. The summed E-state index contributed by atoms with van der Waals surface area (Å²) in [4.78, 5) is 1.44. The molecule has 7 heteroatoms. The van der Waals surface area contributed by atoms with Crippen molar-refractivity contribution in [2.75, 3.05) is 18.0 Å². The van der Waals surface area contributed by atoms with Gasteiger partial charge in [0.05, 0.1) is 16.0 Å². The molecule has 0 radical (unpaired) electrons. The summed E-state index contributed by atoms with van der Waals surface area (Å²) in [5.74, 6) is -3.41. The second-order valence-electron chi connectivity index (χ2n) is 4.46. The Balaban J connectivity index is 2.42. The van der Waals surface area contributed by atoms with E-state index in [2.05, 4.69) is 0 Å². The smallest absolute Gasteiger partial charge is 0.341 e. The van der Waals surface area contributed by atoms with E-state index < -0.39 is 15.6 Å². The molecule has 1 unspecified atom stereocenters. The van der Waals surface area contributed by atoms with Gasteiger partial charge < -0.3 is 4.90 Å². The second kappa shape index (κ2) is 5.63. The van der Waals surface area contributed by atoms with E-state index in [1.807, 2.05) is 0 Å². The number of anilines is 1. The van der Waals surface area contributed by atoms with Crippen LogP contribution in [0, 0.1) is 0 Å². The Morgan fingerprint density at radius 3 is 2.63 bits per heavy atom. The molecule has 1 aliphatic rings. The average Bonchev–Trinajstić information content (AvgIpc) is 2.38. The van der Waals surface area contributed by atoms with Crippen molar-refractivity contribution in [1.82, 2.24) is 0 Å². The van der Waals surface area contributed by atoms with Crippen molar-refractivity contribution in [3.63, 3.8) is 0 Å². The van der Waals surface area contributed by atoms with Gasteiger partial charge in [0.1, 0.15) is 0 Å². The topological polar surface area (TPSA) is 37.4 Å². The molecular weight excluding hydrogens is 296 g/mol. The standard InChI is InChI=1S/C12H14ClF2NO2S/c13-9-4-3-7-16(8-9)10-5-1-2-6-11(10)19(17,18)12(14)15/h1-2,5-6,9,12H,3-4,7-8H2. The Morgan fingerprint density at radius 1 is 1.32 bits per heavy atom. The van der Waals surface area contributed by atoms with Crippen molar-refractivity contribution in [2.45, 2.75) is 28.9 Å². The van der Waals surface area contributed by atoms with Crippen molar-refractivity contribution in [1.29, 1.82) is 0 Å². The summed E-state index contributed by atoms with van der Waals surface area (Å²) < 4.78 is 48.7. The third-order valence-corrected chi connectivity index (χ3v) is 4.89. The van der Waals surface area contributed by atoms with Crippen LogP contribution in [-0.2, 0) is 9.84 Å². The molecule has 0 spiro atoms. The van der Waals surface area contributed by atoms with Crippen LogP contribution in [0.5, 0.6) is 0 Å². The Bertz CT molecular complexity index is 550. The lowest BCUT2D eigenvalue weighted by molar-refractivity contribution is 0.235. The first-order chi connectivity index (χ1) is 8.93. The molecule has 106 valence electrons. The molecule has 0 aliphatic carbocycles. The van der Waals surface area contributed by atoms with E-state index >= 15 is 0 Å². The summed E-state index contributed by atoms with van der Waals surface area (Å²) >= 11 is 6.05. The Labute approximate surface area is 116 Å². The van der Waals surface area contributed by atoms with Gasteiger partial charge in [-0.1, -0.05) is 12.1 Å². The quantitative estimate of drug-likeness (QED) is 0.806. The highest BCUT2D eigenvalue weighted by Gasteiger charge is 2.31. The lowest BCUT2D eigenvalue weighted by Crippen LogP contribution is -2.36. The fourth-order valence-electron chi connectivity index (χ4n) is 2.20. The maximum Gasteiger partial charge on any atom is 0.341 e. The lowest BCUT2D eigenvalue weighted by atomic mass is 10.1. The number of nitrogens with zero attached hydrogens (tertiary/aromatic N) is 1. The average molecular weight is 310 g/mol. The fourth-order valence-corrected chi connectivity index (χ4v) is 3.47. The van der Waals surface area contributed by atoms with Gasteiger partial charge in [0.25, 0.3) is 0 Å². The lowest BCUT2D eigenvalue weighted by Gasteiger charge is -2.32.